The number of rotatable bonds is 6. The molecule has 8 heteroatoms. The van der Waals surface area contributed by atoms with Crippen LogP contribution in [0.2, 0.25) is 5.15 Å². The van der Waals surface area contributed by atoms with Crippen molar-refractivity contribution in [2.24, 2.45) is 5.92 Å². The second kappa shape index (κ2) is 7.97. The summed E-state index contributed by atoms with van der Waals surface area (Å²) in [5, 5.41) is 3.52. The molecule has 136 valence electrons. The molecule has 0 amide bonds. The highest BCUT2D eigenvalue weighted by Gasteiger charge is 2.15. The van der Waals surface area contributed by atoms with Crippen LogP contribution in [0.4, 0.5) is 11.6 Å². The molecule has 0 spiro atoms. The van der Waals surface area contributed by atoms with Crippen molar-refractivity contribution < 1.29 is 0 Å². The molecule has 0 bridgehead atoms. The monoisotopic (exact) mass is 389 g/mol. The van der Waals surface area contributed by atoms with Gasteiger partial charge < -0.3 is 9.88 Å². The predicted octanol–water partition coefficient (Wildman–Crippen LogP) is 4.51. The SMILES string of the molecule is Cc1c(-c2ccnc(Nc3ccc(Cl)nc3)n2)sc(=O)n1CCC(C)C. The van der Waals surface area contributed by atoms with Crippen LogP contribution in [0.1, 0.15) is 26.0 Å². The molecule has 0 aliphatic rings. The molecule has 3 aromatic heterocycles. The second-order valence-electron chi connectivity index (χ2n) is 6.38. The first-order chi connectivity index (χ1) is 12.4. The average Bonchev–Trinajstić information content (AvgIpc) is 2.89. The van der Waals surface area contributed by atoms with Crippen LogP contribution in [0, 0.1) is 12.8 Å². The van der Waals surface area contributed by atoms with E-state index in [1.807, 2.05) is 17.6 Å². The molecule has 26 heavy (non-hydrogen) atoms. The molecule has 0 fully saturated rings. The third-order valence-corrected chi connectivity index (χ3v) is 5.27. The minimum Gasteiger partial charge on any atom is -0.323 e. The number of nitrogens with one attached hydrogen (secondary N) is 1. The summed E-state index contributed by atoms with van der Waals surface area (Å²) in [6, 6.07) is 5.31. The molecule has 0 unspecified atom stereocenters. The summed E-state index contributed by atoms with van der Waals surface area (Å²) < 4.78 is 1.83. The first kappa shape index (κ1) is 18.5. The Balaban J connectivity index is 1.87. The Bertz CT molecular complexity index is 949. The van der Waals surface area contributed by atoms with Crippen LogP contribution in [-0.2, 0) is 6.54 Å². The molecule has 0 aliphatic carbocycles. The first-order valence-electron chi connectivity index (χ1n) is 8.36. The van der Waals surface area contributed by atoms with Crippen molar-refractivity contribution >= 4 is 34.6 Å². The van der Waals surface area contributed by atoms with Crippen LogP contribution in [0.3, 0.4) is 0 Å². The highest BCUT2D eigenvalue weighted by Crippen LogP contribution is 2.26. The van der Waals surface area contributed by atoms with Gasteiger partial charge in [0, 0.05) is 18.4 Å². The highest BCUT2D eigenvalue weighted by molar-refractivity contribution is 7.13. The third kappa shape index (κ3) is 4.28. The number of aromatic nitrogens is 4. The Hall–Kier alpha value is -2.25. The summed E-state index contributed by atoms with van der Waals surface area (Å²) >= 11 is 7.02. The van der Waals surface area contributed by atoms with Crippen LogP contribution in [-0.4, -0.2) is 19.5 Å². The molecule has 3 heterocycles. The Morgan fingerprint density at radius 2 is 2.08 bits per heavy atom. The number of nitrogens with zero attached hydrogens (tertiary/aromatic N) is 4. The van der Waals surface area contributed by atoms with E-state index < -0.39 is 0 Å². The van der Waals surface area contributed by atoms with E-state index in [4.69, 9.17) is 11.6 Å². The van der Waals surface area contributed by atoms with Gasteiger partial charge in [-0.05, 0) is 37.5 Å². The lowest BCUT2D eigenvalue weighted by Gasteiger charge is -2.08. The van der Waals surface area contributed by atoms with Gasteiger partial charge in [0.2, 0.25) is 5.95 Å². The van der Waals surface area contributed by atoms with Gasteiger partial charge in [0.25, 0.3) is 0 Å². The first-order valence-corrected chi connectivity index (χ1v) is 9.55. The van der Waals surface area contributed by atoms with Crippen molar-refractivity contribution in [3.8, 4) is 10.6 Å². The summed E-state index contributed by atoms with van der Waals surface area (Å²) in [7, 11) is 0. The maximum atomic E-state index is 12.4. The Kier molecular flexibility index (Phi) is 5.68. The van der Waals surface area contributed by atoms with Gasteiger partial charge in [0.05, 0.1) is 22.5 Å². The van der Waals surface area contributed by atoms with E-state index >= 15 is 0 Å². The lowest BCUT2D eigenvalue weighted by Crippen LogP contribution is -2.15. The van der Waals surface area contributed by atoms with Gasteiger partial charge in [-0.1, -0.05) is 36.8 Å². The second-order valence-corrected chi connectivity index (χ2v) is 7.73. The fraction of sp³-hybridized carbons (Fsp3) is 0.333. The molecule has 3 rings (SSSR count). The van der Waals surface area contributed by atoms with Gasteiger partial charge in [0.1, 0.15) is 5.15 Å². The fourth-order valence-electron chi connectivity index (χ4n) is 2.48. The number of pyridine rings is 1. The number of hydrogen-bond acceptors (Lipinski definition) is 6. The molecule has 0 radical (unpaired) electrons. The van der Waals surface area contributed by atoms with Crippen LogP contribution in [0.5, 0.6) is 0 Å². The Labute approximate surface area is 160 Å². The molecular formula is C18H20ClN5OS. The van der Waals surface area contributed by atoms with E-state index in [9.17, 15) is 4.79 Å². The molecule has 3 aromatic rings. The third-order valence-electron chi connectivity index (χ3n) is 3.95. The van der Waals surface area contributed by atoms with Gasteiger partial charge in [0.15, 0.2) is 0 Å². The van der Waals surface area contributed by atoms with Gasteiger partial charge >= 0.3 is 4.87 Å². The maximum absolute atomic E-state index is 12.4. The molecular weight excluding hydrogens is 370 g/mol. The Morgan fingerprint density at radius 1 is 1.27 bits per heavy atom. The largest absolute Gasteiger partial charge is 0.323 e. The normalized spacial score (nSPS) is 11.1. The topological polar surface area (TPSA) is 72.7 Å². The lowest BCUT2D eigenvalue weighted by atomic mass is 10.1. The highest BCUT2D eigenvalue weighted by atomic mass is 35.5. The van der Waals surface area contributed by atoms with Crippen molar-refractivity contribution in [3.63, 3.8) is 0 Å². The maximum Gasteiger partial charge on any atom is 0.307 e. The van der Waals surface area contributed by atoms with Crippen molar-refractivity contribution in [1.29, 1.82) is 0 Å². The molecule has 1 N–H and O–H groups in total. The van der Waals surface area contributed by atoms with E-state index in [1.54, 1.807) is 24.5 Å². The summed E-state index contributed by atoms with van der Waals surface area (Å²) in [5.41, 5.74) is 2.41. The molecule has 0 atom stereocenters. The number of anilines is 2. The number of thiazole rings is 1. The summed E-state index contributed by atoms with van der Waals surface area (Å²) in [4.78, 5) is 26.1. The predicted molar refractivity (Wildman–Crippen MR) is 106 cm³/mol. The minimum atomic E-state index is 0.0492. The van der Waals surface area contributed by atoms with E-state index in [1.165, 1.54) is 11.3 Å². The summed E-state index contributed by atoms with van der Waals surface area (Å²) in [6.07, 6.45) is 4.26. The zero-order chi connectivity index (χ0) is 18.7. The zero-order valence-corrected chi connectivity index (χ0v) is 16.4. The zero-order valence-electron chi connectivity index (χ0n) is 14.9. The molecule has 0 saturated carbocycles. The van der Waals surface area contributed by atoms with Crippen LogP contribution >= 0.6 is 22.9 Å². The minimum absolute atomic E-state index is 0.0492. The molecule has 6 nitrogen and oxygen atoms in total. The van der Waals surface area contributed by atoms with E-state index in [2.05, 4.69) is 34.1 Å². The quantitative estimate of drug-likeness (QED) is 0.628. The van der Waals surface area contributed by atoms with Gasteiger partial charge in [-0.25, -0.2) is 15.0 Å². The smallest absolute Gasteiger partial charge is 0.307 e. The van der Waals surface area contributed by atoms with E-state index in [0.29, 0.717) is 17.0 Å². The van der Waals surface area contributed by atoms with Crippen molar-refractivity contribution in [1.82, 2.24) is 19.5 Å². The van der Waals surface area contributed by atoms with E-state index in [0.717, 1.165) is 34.9 Å². The van der Waals surface area contributed by atoms with Crippen LogP contribution < -0.4 is 10.2 Å². The van der Waals surface area contributed by atoms with Gasteiger partial charge in [-0.3, -0.25) is 4.79 Å². The fourth-order valence-corrected chi connectivity index (χ4v) is 3.58. The van der Waals surface area contributed by atoms with Gasteiger partial charge in [-0.2, -0.15) is 0 Å². The Morgan fingerprint density at radius 3 is 2.77 bits per heavy atom. The number of halogens is 1. The molecule has 0 aliphatic heterocycles. The summed E-state index contributed by atoms with van der Waals surface area (Å²) in [5.74, 6) is 0.994. The van der Waals surface area contributed by atoms with E-state index in [-0.39, 0.29) is 4.87 Å². The average molecular weight is 390 g/mol. The van der Waals surface area contributed by atoms with Crippen LogP contribution in [0.25, 0.3) is 10.6 Å². The van der Waals surface area contributed by atoms with Crippen molar-refractivity contribution in [3.05, 3.63) is 51.1 Å². The van der Waals surface area contributed by atoms with Crippen molar-refractivity contribution in [2.75, 3.05) is 5.32 Å². The molecule has 0 aromatic carbocycles. The van der Waals surface area contributed by atoms with Crippen molar-refractivity contribution in [2.45, 2.75) is 33.7 Å². The summed E-state index contributed by atoms with van der Waals surface area (Å²) in [6.45, 7) is 7.00. The lowest BCUT2D eigenvalue weighted by molar-refractivity contribution is 0.507. The standard InChI is InChI=1S/C18H20ClN5OS/c1-11(2)7-9-24-12(3)16(26-18(24)25)14-6-8-20-17(23-14)22-13-4-5-15(19)21-10-13/h4-6,8,10-11H,7,9H2,1-3H3,(H,20,22,23). The van der Waals surface area contributed by atoms with Crippen LogP contribution in [0.15, 0.2) is 35.4 Å². The van der Waals surface area contributed by atoms with Gasteiger partial charge in [-0.15, -0.1) is 0 Å². The number of hydrogen-bond donors (Lipinski definition) is 1. The molecule has 0 saturated heterocycles.